The molecule has 1 aromatic rings. The molecule has 0 bridgehead atoms. The number of hydrogen-bond acceptors (Lipinski definition) is 1. The van der Waals surface area contributed by atoms with E-state index in [0.717, 1.165) is 25.0 Å². The van der Waals surface area contributed by atoms with Gasteiger partial charge in [0.1, 0.15) is 11.4 Å². The molecular formula is C21H28O. The van der Waals surface area contributed by atoms with Gasteiger partial charge in [-0.25, -0.2) is 0 Å². The van der Waals surface area contributed by atoms with Crippen LogP contribution in [-0.2, 0) is 0 Å². The van der Waals surface area contributed by atoms with Crippen LogP contribution in [0.2, 0.25) is 0 Å². The summed E-state index contributed by atoms with van der Waals surface area (Å²) in [5.41, 5.74) is 5.07. The molecule has 0 amide bonds. The van der Waals surface area contributed by atoms with Gasteiger partial charge < -0.3 is 4.74 Å². The van der Waals surface area contributed by atoms with E-state index in [-0.39, 0.29) is 5.60 Å². The lowest BCUT2D eigenvalue weighted by Gasteiger charge is -2.31. The molecule has 1 aliphatic rings. The third-order valence-corrected chi connectivity index (χ3v) is 4.09. The van der Waals surface area contributed by atoms with Gasteiger partial charge in [-0.2, -0.15) is 0 Å². The Bertz CT molecular complexity index is 615. The van der Waals surface area contributed by atoms with Crippen LogP contribution in [0.15, 0.2) is 47.6 Å². The van der Waals surface area contributed by atoms with Crippen molar-refractivity contribution < 1.29 is 4.74 Å². The van der Waals surface area contributed by atoms with E-state index in [2.05, 4.69) is 77.1 Å². The van der Waals surface area contributed by atoms with Crippen LogP contribution in [0, 0.1) is 6.92 Å². The first-order chi connectivity index (χ1) is 10.4. The number of ether oxygens (including phenoxy) is 1. The van der Waals surface area contributed by atoms with E-state index < -0.39 is 0 Å². The van der Waals surface area contributed by atoms with Crippen LogP contribution >= 0.6 is 0 Å². The lowest BCUT2D eigenvalue weighted by Crippen LogP contribution is -2.31. The fraction of sp³-hybridized carbons (Fsp3) is 0.429. The summed E-state index contributed by atoms with van der Waals surface area (Å²) in [4.78, 5) is 0. The quantitative estimate of drug-likeness (QED) is 0.584. The summed E-state index contributed by atoms with van der Waals surface area (Å²) in [5.74, 6) is 1.00. The molecule has 0 fully saturated rings. The van der Waals surface area contributed by atoms with Crippen LogP contribution in [-0.4, -0.2) is 5.60 Å². The summed E-state index contributed by atoms with van der Waals surface area (Å²) < 4.78 is 6.23. The molecule has 1 heteroatoms. The molecule has 1 unspecified atom stereocenters. The van der Waals surface area contributed by atoms with Crippen LogP contribution in [0.5, 0.6) is 5.75 Å². The molecule has 1 aromatic carbocycles. The first kappa shape index (κ1) is 16.6. The van der Waals surface area contributed by atoms with Gasteiger partial charge in [0.15, 0.2) is 0 Å². The first-order valence-electron chi connectivity index (χ1n) is 8.16. The highest BCUT2D eigenvalue weighted by Gasteiger charge is 2.26. The van der Waals surface area contributed by atoms with Gasteiger partial charge in [0.2, 0.25) is 0 Å². The molecule has 0 aliphatic carbocycles. The van der Waals surface area contributed by atoms with Crippen molar-refractivity contribution in [1.29, 1.82) is 0 Å². The average molecular weight is 296 g/mol. The van der Waals surface area contributed by atoms with Gasteiger partial charge in [-0.3, -0.25) is 0 Å². The van der Waals surface area contributed by atoms with Crippen molar-refractivity contribution in [2.45, 2.75) is 59.5 Å². The minimum atomic E-state index is -0.199. The van der Waals surface area contributed by atoms with E-state index in [1.807, 2.05) is 0 Å². The smallest absolute Gasteiger partial charge is 0.127 e. The molecule has 0 saturated carbocycles. The van der Waals surface area contributed by atoms with Crippen molar-refractivity contribution in [1.82, 2.24) is 0 Å². The summed E-state index contributed by atoms with van der Waals surface area (Å²) in [6.45, 7) is 10.8. The number of fused-ring (bicyclic) bond motifs is 1. The monoisotopic (exact) mass is 296 g/mol. The second-order valence-corrected chi connectivity index (χ2v) is 6.86. The van der Waals surface area contributed by atoms with Gasteiger partial charge in [-0.1, -0.05) is 41.0 Å². The lowest BCUT2D eigenvalue weighted by atomic mass is 9.94. The Hall–Kier alpha value is -1.76. The molecular weight excluding hydrogens is 268 g/mol. The Kier molecular flexibility index (Phi) is 5.28. The Labute approximate surface area is 135 Å². The van der Waals surface area contributed by atoms with E-state index in [1.54, 1.807) is 0 Å². The number of aryl methyl sites for hydroxylation is 1. The van der Waals surface area contributed by atoms with Gasteiger partial charge in [0, 0.05) is 5.56 Å². The standard InChI is InChI=1S/C21H28O/c1-16(2)8-9-17(3)7-6-13-21(5)14-12-19-15-18(4)10-11-20(19)22-21/h7-8,10-12,14-15H,6,9,13H2,1-5H3/b17-7+. The van der Waals surface area contributed by atoms with Crippen molar-refractivity contribution >= 4 is 6.08 Å². The molecule has 1 aliphatic heterocycles. The summed E-state index contributed by atoms with van der Waals surface area (Å²) >= 11 is 0. The first-order valence-corrected chi connectivity index (χ1v) is 8.16. The largest absolute Gasteiger partial charge is 0.483 e. The molecule has 0 saturated heterocycles. The maximum atomic E-state index is 6.23. The lowest BCUT2D eigenvalue weighted by molar-refractivity contribution is 0.128. The van der Waals surface area contributed by atoms with Crippen LogP contribution in [0.25, 0.3) is 6.08 Å². The van der Waals surface area contributed by atoms with E-state index in [9.17, 15) is 0 Å². The maximum absolute atomic E-state index is 6.23. The fourth-order valence-corrected chi connectivity index (χ4v) is 2.63. The highest BCUT2D eigenvalue weighted by Crippen LogP contribution is 2.34. The Morgan fingerprint density at radius 3 is 2.68 bits per heavy atom. The van der Waals surface area contributed by atoms with Crippen LogP contribution in [0.3, 0.4) is 0 Å². The number of hydrogen-bond donors (Lipinski definition) is 0. The zero-order valence-electron chi connectivity index (χ0n) is 14.6. The van der Waals surface area contributed by atoms with Crippen molar-refractivity contribution in [3.05, 3.63) is 58.7 Å². The minimum absolute atomic E-state index is 0.199. The van der Waals surface area contributed by atoms with Crippen LogP contribution in [0.4, 0.5) is 0 Å². The fourth-order valence-electron chi connectivity index (χ4n) is 2.63. The maximum Gasteiger partial charge on any atom is 0.127 e. The molecule has 2 rings (SSSR count). The average Bonchev–Trinajstić information content (AvgIpc) is 2.45. The summed E-state index contributed by atoms with van der Waals surface area (Å²) in [6.07, 6.45) is 12.1. The zero-order chi connectivity index (χ0) is 16.2. The molecule has 118 valence electrons. The van der Waals surface area contributed by atoms with E-state index in [1.165, 1.54) is 22.3 Å². The Morgan fingerprint density at radius 1 is 1.18 bits per heavy atom. The SMILES string of the molecule is CC(C)=CC/C(C)=C/CCC1(C)C=Cc2cc(C)ccc2O1. The molecule has 22 heavy (non-hydrogen) atoms. The topological polar surface area (TPSA) is 9.23 Å². The predicted octanol–water partition coefficient (Wildman–Crippen LogP) is 6.24. The van der Waals surface area contributed by atoms with Crippen molar-refractivity contribution in [3.8, 4) is 5.75 Å². The normalized spacial score (nSPS) is 20.3. The van der Waals surface area contributed by atoms with Crippen molar-refractivity contribution in [2.75, 3.05) is 0 Å². The molecule has 1 nitrogen and oxygen atoms in total. The Balaban J connectivity index is 1.95. The molecule has 0 radical (unpaired) electrons. The Morgan fingerprint density at radius 2 is 1.95 bits per heavy atom. The van der Waals surface area contributed by atoms with Crippen LogP contribution < -0.4 is 4.74 Å². The number of benzene rings is 1. The second-order valence-electron chi connectivity index (χ2n) is 6.86. The molecule has 0 spiro atoms. The van der Waals surface area contributed by atoms with E-state index in [4.69, 9.17) is 4.74 Å². The number of allylic oxidation sites excluding steroid dienone is 4. The summed E-state index contributed by atoms with van der Waals surface area (Å²) in [7, 11) is 0. The minimum Gasteiger partial charge on any atom is -0.483 e. The molecule has 1 atom stereocenters. The molecule has 1 heterocycles. The summed E-state index contributed by atoms with van der Waals surface area (Å²) in [6, 6.07) is 6.37. The second kappa shape index (κ2) is 7.00. The third-order valence-electron chi connectivity index (χ3n) is 4.09. The van der Waals surface area contributed by atoms with Crippen molar-refractivity contribution in [2.24, 2.45) is 0 Å². The highest BCUT2D eigenvalue weighted by molar-refractivity contribution is 5.61. The number of rotatable bonds is 5. The predicted molar refractivity (Wildman–Crippen MR) is 96.3 cm³/mol. The van der Waals surface area contributed by atoms with Gasteiger partial charge in [0.25, 0.3) is 0 Å². The molecule has 0 aromatic heterocycles. The third kappa shape index (κ3) is 4.62. The van der Waals surface area contributed by atoms with Gasteiger partial charge >= 0.3 is 0 Å². The zero-order valence-corrected chi connectivity index (χ0v) is 14.6. The van der Waals surface area contributed by atoms with E-state index >= 15 is 0 Å². The van der Waals surface area contributed by atoms with Crippen molar-refractivity contribution in [3.63, 3.8) is 0 Å². The van der Waals surface area contributed by atoms with Gasteiger partial charge in [-0.05, 0) is 72.1 Å². The van der Waals surface area contributed by atoms with Gasteiger partial charge in [0.05, 0.1) is 0 Å². The highest BCUT2D eigenvalue weighted by atomic mass is 16.5. The summed E-state index contributed by atoms with van der Waals surface area (Å²) in [5, 5.41) is 0. The van der Waals surface area contributed by atoms with E-state index in [0.29, 0.717) is 0 Å². The van der Waals surface area contributed by atoms with Gasteiger partial charge in [-0.15, -0.1) is 0 Å². The van der Waals surface area contributed by atoms with Crippen LogP contribution in [0.1, 0.15) is 58.1 Å². The molecule has 0 N–H and O–H groups in total.